The lowest BCUT2D eigenvalue weighted by Crippen LogP contribution is -2.62. The Hall–Kier alpha value is -1.09. The third-order valence-electron chi connectivity index (χ3n) is 3.02. The minimum absolute atomic E-state index is 0.454. The lowest BCUT2D eigenvalue weighted by Gasteiger charge is -2.48. The van der Waals surface area contributed by atoms with Crippen molar-refractivity contribution in [3.8, 4) is 0 Å². The summed E-state index contributed by atoms with van der Waals surface area (Å²) >= 11 is 0. The quantitative estimate of drug-likeness (QED) is 0.818. The van der Waals surface area contributed by atoms with Crippen LogP contribution in [0.2, 0.25) is 0 Å². The molecule has 0 atom stereocenters. The predicted octanol–water partition coefficient (Wildman–Crippen LogP) is 1.74. The van der Waals surface area contributed by atoms with Gasteiger partial charge in [0.15, 0.2) is 0 Å². The Labute approximate surface area is 90.8 Å². The molecule has 0 bridgehead atoms. The van der Waals surface area contributed by atoms with E-state index in [2.05, 4.69) is 23.7 Å². The second-order valence-corrected chi connectivity index (χ2v) is 4.49. The molecule has 0 unspecified atom stereocenters. The van der Waals surface area contributed by atoms with Crippen molar-refractivity contribution < 1.29 is 5.11 Å². The van der Waals surface area contributed by atoms with E-state index in [1.807, 2.05) is 12.3 Å². The molecule has 1 N–H and O–H groups in total. The first-order chi connectivity index (χ1) is 7.14. The number of aryl methyl sites for hydroxylation is 1. The van der Waals surface area contributed by atoms with E-state index in [9.17, 15) is 5.11 Å². The normalized spacial score (nSPS) is 18.7. The molecule has 0 amide bonds. The molecular formula is C12H18N2O. The van der Waals surface area contributed by atoms with Crippen LogP contribution in [0.4, 0.5) is 5.69 Å². The number of hydrogen-bond donors (Lipinski definition) is 1. The number of nitrogens with zero attached hydrogens (tertiary/aromatic N) is 2. The second-order valence-electron chi connectivity index (χ2n) is 4.49. The summed E-state index contributed by atoms with van der Waals surface area (Å²) in [5, 5.41) is 10.1. The van der Waals surface area contributed by atoms with Gasteiger partial charge in [-0.2, -0.15) is 0 Å². The fraction of sp³-hybridized carbons (Fsp3) is 0.583. The average molecular weight is 206 g/mol. The van der Waals surface area contributed by atoms with E-state index in [-0.39, 0.29) is 0 Å². The van der Waals surface area contributed by atoms with Gasteiger partial charge in [-0.3, -0.25) is 4.98 Å². The summed E-state index contributed by atoms with van der Waals surface area (Å²) in [6.07, 6.45) is 5.61. The highest BCUT2D eigenvalue weighted by Gasteiger charge is 2.40. The van der Waals surface area contributed by atoms with Crippen LogP contribution in [0, 0.1) is 6.92 Å². The number of anilines is 1. The van der Waals surface area contributed by atoms with E-state index in [0.29, 0.717) is 0 Å². The summed E-state index contributed by atoms with van der Waals surface area (Å²) in [4.78, 5) is 6.28. The minimum atomic E-state index is -0.454. The van der Waals surface area contributed by atoms with Gasteiger partial charge in [-0.25, -0.2) is 0 Å². The number of β-amino-alcohol motifs (C(OH)–C–C–N with tert-alkyl or cyclic N) is 1. The number of rotatable bonds is 3. The Morgan fingerprint density at radius 2 is 2.27 bits per heavy atom. The third-order valence-corrected chi connectivity index (χ3v) is 3.02. The lowest BCUT2D eigenvalue weighted by atomic mass is 9.88. The molecule has 0 radical (unpaired) electrons. The molecule has 0 saturated carbocycles. The SMILES string of the molecule is CCCC1(O)CN(c2ccncc2C)C1. The van der Waals surface area contributed by atoms with Crippen LogP contribution in [0.25, 0.3) is 0 Å². The Morgan fingerprint density at radius 3 is 2.87 bits per heavy atom. The summed E-state index contributed by atoms with van der Waals surface area (Å²) in [6, 6.07) is 2.01. The smallest absolute Gasteiger partial charge is 0.0995 e. The first-order valence-corrected chi connectivity index (χ1v) is 5.52. The minimum Gasteiger partial charge on any atom is -0.386 e. The first-order valence-electron chi connectivity index (χ1n) is 5.52. The molecule has 0 aliphatic carbocycles. The van der Waals surface area contributed by atoms with Gasteiger partial charge in [0.1, 0.15) is 0 Å². The summed E-state index contributed by atoms with van der Waals surface area (Å²) in [7, 11) is 0. The Morgan fingerprint density at radius 1 is 1.53 bits per heavy atom. The molecule has 2 rings (SSSR count). The standard InChI is InChI=1S/C12H18N2O/c1-3-5-12(15)8-14(9-12)11-4-6-13-7-10(11)2/h4,6-7,15H,3,5,8-9H2,1-2H3. The summed E-state index contributed by atoms with van der Waals surface area (Å²) < 4.78 is 0. The fourth-order valence-electron chi connectivity index (χ4n) is 2.28. The van der Waals surface area contributed by atoms with Gasteiger partial charge >= 0.3 is 0 Å². The molecule has 1 aromatic heterocycles. The number of hydrogen-bond acceptors (Lipinski definition) is 3. The van der Waals surface area contributed by atoms with Crippen LogP contribution >= 0.6 is 0 Å². The number of aromatic nitrogens is 1. The van der Waals surface area contributed by atoms with Crippen LogP contribution < -0.4 is 4.90 Å². The van der Waals surface area contributed by atoms with Crippen molar-refractivity contribution in [2.75, 3.05) is 18.0 Å². The van der Waals surface area contributed by atoms with Crippen molar-refractivity contribution in [3.63, 3.8) is 0 Å². The molecule has 1 aromatic rings. The Kier molecular flexibility index (Phi) is 2.65. The van der Waals surface area contributed by atoms with Gasteiger partial charge in [0, 0.05) is 31.2 Å². The molecule has 82 valence electrons. The largest absolute Gasteiger partial charge is 0.386 e. The maximum absolute atomic E-state index is 10.1. The van der Waals surface area contributed by atoms with E-state index < -0.39 is 5.60 Å². The van der Waals surface area contributed by atoms with Gasteiger partial charge in [0.25, 0.3) is 0 Å². The van der Waals surface area contributed by atoms with Crippen LogP contribution in [0.5, 0.6) is 0 Å². The van der Waals surface area contributed by atoms with Gasteiger partial charge < -0.3 is 10.0 Å². The van der Waals surface area contributed by atoms with E-state index >= 15 is 0 Å². The molecule has 1 saturated heterocycles. The van der Waals surface area contributed by atoms with Crippen molar-refractivity contribution in [2.45, 2.75) is 32.3 Å². The van der Waals surface area contributed by atoms with Crippen LogP contribution in [0.15, 0.2) is 18.5 Å². The maximum Gasteiger partial charge on any atom is 0.0995 e. The van der Waals surface area contributed by atoms with Gasteiger partial charge in [0.05, 0.1) is 5.60 Å². The van der Waals surface area contributed by atoms with Crippen LogP contribution in [-0.4, -0.2) is 28.8 Å². The zero-order valence-corrected chi connectivity index (χ0v) is 9.40. The molecule has 0 spiro atoms. The van der Waals surface area contributed by atoms with E-state index in [1.54, 1.807) is 6.20 Å². The summed E-state index contributed by atoms with van der Waals surface area (Å²) in [6.45, 7) is 5.68. The zero-order chi connectivity index (χ0) is 10.9. The third kappa shape index (κ3) is 1.97. The molecule has 3 nitrogen and oxygen atoms in total. The fourth-order valence-corrected chi connectivity index (χ4v) is 2.28. The predicted molar refractivity (Wildman–Crippen MR) is 61.0 cm³/mol. The van der Waals surface area contributed by atoms with Gasteiger partial charge in [-0.05, 0) is 25.0 Å². The van der Waals surface area contributed by atoms with E-state index in [4.69, 9.17) is 0 Å². The monoisotopic (exact) mass is 206 g/mol. The summed E-state index contributed by atoms with van der Waals surface area (Å²) in [5.41, 5.74) is 1.92. The second kappa shape index (κ2) is 3.81. The average Bonchev–Trinajstić information content (AvgIpc) is 2.15. The number of aliphatic hydroxyl groups is 1. The van der Waals surface area contributed by atoms with Gasteiger partial charge in [-0.1, -0.05) is 13.3 Å². The van der Waals surface area contributed by atoms with Crippen molar-refractivity contribution in [1.82, 2.24) is 4.98 Å². The van der Waals surface area contributed by atoms with Crippen molar-refractivity contribution in [2.24, 2.45) is 0 Å². The molecule has 15 heavy (non-hydrogen) atoms. The molecule has 1 fully saturated rings. The topological polar surface area (TPSA) is 36.4 Å². The molecule has 1 aliphatic heterocycles. The Bertz CT molecular complexity index is 345. The van der Waals surface area contributed by atoms with Crippen LogP contribution in [0.1, 0.15) is 25.3 Å². The zero-order valence-electron chi connectivity index (χ0n) is 9.40. The molecule has 2 heterocycles. The van der Waals surface area contributed by atoms with E-state index in [0.717, 1.165) is 25.9 Å². The van der Waals surface area contributed by atoms with Gasteiger partial charge in [-0.15, -0.1) is 0 Å². The highest BCUT2D eigenvalue weighted by atomic mass is 16.3. The van der Waals surface area contributed by atoms with Crippen molar-refractivity contribution in [3.05, 3.63) is 24.0 Å². The highest BCUT2D eigenvalue weighted by Crippen LogP contribution is 2.32. The van der Waals surface area contributed by atoms with Gasteiger partial charge in [0.2, 0.25) is 0 Å². The van der Waals surface area contributed by atoms with E-state index in [1.165, 1.54) is 11.3 Å². The first kappa shape index (κ1) is 10.4. The van der Waals surface area contributed by atoms with Crippen LogP contribution in [-0.2, 0) is 0 Å². The number of pyridine rings is 1. The highest BCUT2D eigenvalue weighted by molar-refractivity contribution is 5.54. The van der Waals surface area contributed by atoms with Crippen LogP contribution in [0.3, 0.4) is 0 Å². The van der Waals surface area contributed by atoms with Crippen molar-refractivity contribution in [1.29, 1.82) is 0 Å². The molecule has 0 aromatic carbocycles. The molecule has 1 aliphatic rings. The van der Waals surface area contributed by atoms with Crippen molar-refractivity contribution >= 4 is 5.69 Å². The maximum atomic E-state index is 10.1. The molecule has 3 heteroatoms. The molecular weight excluding hydrogens is 188 g/mol. The lowest BCUT2D eigenvalue weighted by molar-refractivity contribution is 0.00334. The summed E-state index contributed by atoms with van der Waals surface area (Å²) in [5.74, 6) is 0. The Balaban J connectivity index is 2.03.